The van der Waals surface area contributed by atoms with Gasteiger partial charge in [0, 0.05) is 44.5 Å². The predicted octanol–water partition coefficient (Wildman–Crippen LogP) is 6.14. The average Bonchev–Trinajstić information content (AvgIpc) is 3.37. The van der Waals surface area contributed by atoms with Gasteiger partial charge in [-0.1, -0.05) is 78.9 Å². The van der Waals surface area contributed by atoms with Gasteiger partial charge in [-0.2, -0.15) is 0 Å². The molecule has 5 nitrogen and oxygen atoms in total. The Hall–Kier alpha value is -4.38. The summed E-state index contributed by atoms with van der Waals surface area (Å²) < 4.78 is 2.11. The number of rotatable bonds is 8. The van der Waals surface area contributed by atoms with E-state index in [1.165, 1.54) is 0 Å². The number of imidazole rings is 1. The van der Waals surface area contributed by atoms with Crippen molar-refractivity contribution in [3.05, 3.63) is 137 Å². The van der Waals surface area contributed by atoms with E-state index >= 15 is 0 Å². The van der Waals surface area contributed by atoms with E-state index < -0.39 is 0 Å². The van der Waals surface area contributed by atoms with Crippen molar-refractivity contribution in [3.63, 3.8) is 0 Å². The number of fused-ring (bicyclic) bond motifs is 1. The van der Waals surface area contributed by atoms with E-state index in [0.29, 0.717) is 6.42 Å². The van der Waals surface area contributed by atoms with Crippen molar-refractivity contribution in [1.29, 1.82) is 0 Å². The van der Waals surface area contributed by atoms with Gasteiger partial charge in [0.1, 0.15) is 5.65 Å². The molecule has 2 heterocycles. The molecule has 5 aromatic rings. The first-order valence-corrected chi connectivity index (χ1v) is 12.6. The SMILES string of the molecule is Cc1cccn2c(C(CC(=O)NC(c3ccccc3)c3ccccc3)c3ccc(N(C)C)cc3)cnc12. The van der Waals surface area contributed by atoms with E-state index in [0.717, 1.165) is 39.3 Å². The molecule has 1 N–H and O–H groups in total. The van der Waals surface area contributed by atoms with Crippen LogP contribution in [0.4, 0.5) is 5.69 Å². The highest BCUT2D eigenvalue weighted by Crippen LogP contribution is 2.31. The molecule has 186 valence electrons. The van der Waals surface area contributed by atoms with Crippen LogP contribution in [0.15, 0.2) is 109 Å². The summed E-state index contributed by atoms with van der Waals surface area (Å²) in [6.07, 6.45) is 4.24. The molecule has 0 radical (unpaired) electrons. The molecule has 0 spiro atoms. The summed E-state index contributed by atoms with van der Waals surface area (Å²) in [7, 11) is 4.06. The van der Waals surface area contributed by atoms with Crippen LogP contribution in [-0.4, -0.2) is 29.4 Å². The molecule has 5 heteroatoms. The zero-order valence-electron chi connectivity index (χ0n) is 21.5. The second-order valence-corrected chi connectivity index (χ2v) is 9.63. The molecule has 0 bridgehead atoms. The lowest BCUT2D eigenvalue weighted by molar-refractivity contribution is -0.121. The van der Waals surface area contributed by atoms with Crippen molar-refractivity contribution < 1.29 is 4.79 Å². The Morgan fingerprint density at radius 2 is 1.46 bits per heavy atom. The molecule has 0 aliphatic rings. The molecular formula is C32H32N4O. The van der Waals surface area contributed by atoms with Gasteiger partial charge >= 0.3 is 0 Å². The molecule has 1 unspecified atom stereocenters. The predicted molar refractivity (Wildman–Crippen MR) is 150 cm³/mol. The summed E-state index contributed by atoms with van der Waals surface area (Å²) in [4.78, 5) is 20.5. The van der Waals surface area contributed by atoms with Crippen LogP contribution in [0.1, 0.15) is 46.3 Å². The van der Waals surface area contributed by atoms with Crippen LogP contribution in [-0.2, 0) is 4.79 Å². The summed E-state index contributed by atoms with van der Waals surface area (Å²) in [5.74, 6) is -0.165. The van der Waals surface area contributed by atoms with Gasteiger partial charge in [-0.3, -0.25) is 4.79 Å². The number of hydrogen-bond donors (Lipinski definition) is 1. The standard InChI is InChI=1S/C32H32N4O/c1-23-11-10-20-36-29(22-33-32(23)36)28(24-16-18-27(19-17-24)35(2)3)21-30(37)34-31(25-12-6-4-7-13-25)26-14-8-5-9-15-26/h4-20,22,28,31H,21H2,1-3H3,(H,34,37). The first-order valence-electron chi connectivity index (χ1n) is 12.6. The zero-order valence-corrected chi connectivity index (χ0v) is 21.5. The fourth-order valence-electron chi connectivity index (χ4n) is 4.88. The van der Waals surface area contributed by atoms with Crippen LogP contribution in [0.3, 0.4) is 0 Å². The van der Waals surface area contributed by atoms with Gasteiger partial charge in [-0.15, -0.1) is 0 Å². The normalized spacial score (nSPS) is 12.0. The summed E-state index contributed by atoms with van der Waals surface area (Å²) >= 11 is 0. The molecule has 0 aliphatic carbocycles. The molecule has 0 saturated heterocycles. The topological polar surface area (TPSA) is 49.6 Å². The van der Waals surface area contributed by atoms with E-state index in [1.54, 1.807) is 0 Å². The number of nitrogens with one attached hydrogen (secondary N) is 1. The summed E-state index contributed by atoms with van der Waals surface area (Å²) in [6.45, 7) is 2.06. The van der Waals surface area contributed by atoms with Crippen LogP contribution in [0, 0.1) is 6.92 Å². The fraction of sp³-hybridized carbons (Fsp3) is 0.188. The number of carbonyl (C=O) groups excluding carboxylic acids is 1. The molecule has 0 aliphatic heterocycles. The Kier molecular flexibility index (Phi) is 7.04. The molecule has 1 amide bonds. The second kappa shape index (κ2) is 10.7. The van der Waals surface area contributed by atoms with Gasteiger partial charge in [0.25, 0.3) is 0 Å². The van der Waals surface area contributed by atoms with Crippen LogP contribution in [0.25, 0.3) is 5.65 Å². The highest BCUT2D eigenvalue weighted by atomic mass is 16.1. The van der Waals surface area contributed by atoms with Crippen LogP contribution < -0.4 is 10.2 Å². The molecule has 2 aromatic heterocycles. The molecule has 5 rings (SSSR count). The Morgan fingerprint density at radius 1 is 0.838 bits per heavy atom. The van der Waals surface area contributed by atoms with Crippen LogP contribution >= 0.6 is 0 Å². The minimum absolute atomic E-state index is 0.0120. The van der Waals surface area contributed by atoms with Gasteiger partial charge in [0.2, 0.25) is 5.91 Å². The summed E-state index contributed by atoms with van der Waals surface area (Å²) in [6, 6.07) is 32.6. The Balaban J connectivity index is 1.50. The second-order valence-electron chi connectivity index (χ2n) is 9.63. The van der Waals surface area contributed by atoms with Crippen molar-refractivity contribution in [3.8, 4) is 0 Å². The first-order chi connectivity index (χ1) is 18.0. The number of amides is 1. The van der Waals surface area contributed by atoms with E-state index in [9.17, 15) is 4.79 Å². The van der Waals surface area contributed by atoms with Gasteiger partial charge < -0.3 is 14.6 Å². The smallest absolute Gasteiger partial charge is 0.221 e. The third kappa shape index (κ3) is 5.26. The van der Waals surface area contributed by atoms with Crippen molar-refractivity contribution >= 4 is 17.2 Å². The van der Waals surface area contributed by atoms with Gasteiger partial charge in [-0.05, 0) is 47.4 Å². The number of benzene rings is 3. The first kappa shape index (κ1) is 24.3. The van der Waals surface area contributed by atoms with Crippen molar-refractivity contribution in [2.45, 2.75) is 25.3 Å². The molecule has 3 aromatic carbocycles. The Morgan fingerprint density at radius 3 is 2.05 bits per heavy atom. The quantitative estimate of drug-likeness (QED) is 0.286. The Labute approximate surface area is 218 Å². The highest BCUT2D eigenvalue weighted by Gasteiger charge is 2.25. The van der Waals surface area contributed by atoms with Crippen LogP contribution in [0.5, 0.6) is 0 Å². The molecule has 37 heavy (non-hydrogen) atoms. The van der Waals surface area contributed by atoms with Gasteiger partial charge in [0.05, 0.1) is 11.7 Å². The highest BCUT2D eigenvalue weighted by molar-refractivity contribution is 5.78. The fourth-order valence-corrected chi connectivity index (χ4v) is 4.88. The number of aryl methyl sites for hydroxylation is 1. The summed E-state index contributed by atoms with van der Waals surface area (Å²) in [5, 5.41) is 3.32. The maximum atomic E-state index is 13.7. The summed E-state index contributed by atoms with van der Waals surface area (Å²) in [5.41, 5.74) is 7.34. The maximum absolute atomic E-state index is 13.7. The maximum Gasteiger partial charge on any atom is 0.221 e. The zero-order chi connectivity index (χ0) is 25.8. The van der Waals surface area contributed by atoms with Gasteiger partial charge in [-0.25, -0.2) is 4.98 Å². The molecular weight excluding hydrogens is 456 g/mol. The number of hydrogen-bond acceptors (Lipinski definition) is 3. The molecule has 1 atom stereocenters. The Bertz CT molecular complexity index is 1430. The molecule has 0 fully saturated rings. The van der Waals surface area contributed by atoms with Crippen molar-refractivity contribution in [2.75, 3.05) is 19.0 Å². The number of aromatic nitrogens is 2. The van der Waals surface area contributed by atoms with E-state index in [1.807, 2.05) is 69.0 Å². The van der Waals surface area contributed by atoms with Gasteiger partial charge in [0.15, 0.2) is 0 Å². The van der Waals surface area contributed by atoms with Crippen LogP contribution in [0.2, 0.25) is 0 Å². The number of nitrogens with zero attached hydrogens (tertiary/aromatic N) is 3. The largest absolute Gasteiger partial charge is 0.378 e. The lowest BCUT2D eigenvalue weighted by atomic mass is 9.91. The lowest BCUT2D eigenvalue weighted by Crippen LogP contribution is -2.30. The van der Waals surface area contributed by atoms with E-state index in [-0.39, 0.29) is 17.9 Å². The van der Waals surface area contributed by atoms with Crippen molar-refractivity contribution in [1.82, 2.24) is 14.7 Å². The monoisotopic (exact) mass is 488 g/mol. The molecule has 0 saturated carbocycles. The lowest BCUT2D eigenvalue weighted by Gasteiger charge is -2.23. The number of anilines is 1. The number of pyridine rings is 1. The van der Waals surface area contributed by atoms with E-state index in [2.05, 4.69) is 76.1 Å². The average molecular weight is 489 g/mol. The van der Waals surface area contributed by atoms with E-state index in [4.69, 9.17) is 4.98 Å². The minimum Gasteiger partial charge on any atom is -0.378 e. The van der Waals surface area contributed by atoms with Crippen molar-refractivity contribution in [2.24, 2.45) is 0 Å². The third-order valence-corrected chi connectivity index (χ3v) is 6.89. The minimum atomic E-state index is -0.226. The number of carbonyl (C=O) groups is 1. The third-order valence-electron chi connectivity index (χ3n) is 6.89.